The van der Waals surface area contributed by atoms with Gasteiger partial charge in [0.2, 0.25) is 5.91 Å². The topological polar surface area (TPSA) is 71.6 Å². The Labute approximate surface area is 166 Å². The molecule has 150 valence electrons. The summed E-state index contributed by atoms with van der Waals surface area (Å²) in [4.78, 5) is 12.5. The van der Waals surface area contributed by atoms with Gasteiger partial charge in [-0.2, -0.15) is 0 Å². The highest BCUT2D eigenvalue weighted by Crippen LogP contribution is 2.24. The predicted octanol–water partition coefficient (Wildman–Crippen LogP) is 3.10. The van der Waals surface area contributed by atoms with Crippen molar-refractivity contribution in [2.75, 3.05) is 13.7 Å². The molecular weight excluding hydrogens is 354 g/mol. The number of methoxy groups -OCH3 is 1. The summed E-state index contributed by atoms with van der Waals surface area (Å²) >= 11 is 0. The van der Waals surface area contributed by atoms with Crippen LogP contribution in [0.15, 0.2) is 48.5 Å². The quantitative estimate of drug-likeness (QED) is 0.581. The molecule has 1 amide bonds. The average Bonchev–Trinajstić information content (AvgIpc) is 3.23. The van der Waals surface area contributed by atoms with Crippen molar-refractivity contribution in [2.45, 2.75) is 44.8 Å². The van der Waals surface area contributed by atoms with Gasteiger partial charge in [-0.25, -0.2) is 10.9 Å². The highest BCUT2D eigenvalue weighted by molar-refractivity contribution is 5.82. The van der Waals surface area contributed by atoms with Gasteiger partial charge in [-0.05, 0) is 48.2 Å². The van der Waals surface area contributed by atoms with Crippen molar-refractivity contribution in [1.82, 2.24) is 16.2 Å². The van der Waals surface area contributed by atoms with Crippen LogP contribution in [0, 0.1) is 0 Å². The maximum atomic E-state index is 12.5. The van der Waals surface area contributed by atoms with Gasteiger partial charge in [0.15, 0.2) is 0 Å². The van der Waals surface area contributed by atoms with Crippen molar-refractivity contribution in [3.05, 3.63) is 59.7 Å². The Morgan fingerprint density at radius 2 is 1.96 bits per heavy atom. The number of nitrogens with one attached hydrogen (secondary N) is 3. The molecular formula is C22H29N3O3. The zero-order valence-electron chi connectivity index (χ0n) is 16.5. The van der Waals surface area contributed by atoms with Crippen LogP contribution in [-0.4, -0.2) is 25.7 Å². The number of carbonyl (C=O) groups excluding carboxylic acids is 1. The Kier molecular flexibility index (Phi) is 7.28. The van der Waals surface area contributed by atoms with Crippen molar-refractivity contribution in [1.29, 1.82) is 0 Å². The summed E-state index contributed by atoms with van der Waals surface area (Å²) in [5.41, 5.74) is 8.47. The fourth-order valence-electron chi connectivity index (χ4n) is 3.17. The summed E-state index contributed by atoms with van der Waals surface area (Å²) in [5, 5.41) is 2.99. The van der Waals surface area contributed by atoms with Crippen molar-refractivity contribution in [2.24, 2.45) is 0 Å². The second-order valence-electron chi connectivity index (χ2n) is 6.97. The van der Waals surface area contributed by atoms with Crippen molar-refractivity contribution in [3.63, 3.8) is 0 Å². The molecule has 1 heterocycles. The van der Waals surface area contributed by atoms with Gasteiger partial charge >= 0.3 is 0 Å². The third-order valence-electron chi connectivity index (χ3n) is 4.87. The molecule has 6 nitrogen and oxygen atoms in total. The molecule has 3 rings (SSSR count). The van der Waals surface area contributed by atoms with Crippen molar-refractivity contribution >= 4 is 5.91 Å². The SMILES string of the molecule is CCCCOc1ccc(C2CC(C(=O)NCc3cccc(OC)c3)NN2)cc1. The van der Waals surface area contributed by atoms with Gasteiger partial charge in [0.1, 0.15) is 17.5 Å². The van der Waals surface area contributed by atoms with Gasteiger partial charge < -0.3 is 14.8 Å². The number of benzene rings is 2. The van der Waals surface area contributed by atoms with Crippen LogP contribution < -0.4 is 25.6 Å². The van der Waals surface area contributed by atoms with Crippen molar-refractivity contribution < 1.29 is 14.3 Å². The van der Waals surface area contributed by atoms with Gasteiger partial charge in [-0.1, -0.05) is 37.6 Å². The van der Waals surface area contributed by atoms with Crippen LogP contribution in [0.4, 0.5) is 0 Å². The third-order valence-corrected chi connectivity index (χ3v) is 4.87. The van der Waals surface area contributed by atoms with Gasteiger partial charge in [0, 0.05) is 12.6 Å². The van der Waals surface area contributed by atoms with E-state index in [1.54, 1.807) is 7.11 Å². The molecule has 0 saturated carbocycles. The molecule has 28 heavy (non-hydrogen) atoms. The minimum absolute atomic E-state index is 0.0164. The number of carbonyl (C=O) groups is 1. The van der Waals surface area contributed by atoms with E-state index >= 15 is 0 Å². The third kappa shape index (κ3) is 5.47. The molecule has 2 atom stereocenters. The number of amides is 1. The minimum atomic E-state index is -0.268. The molecule has 2 aromatic rings. The molecule has 0 aliphatic carbocycles. The van der Waals surface area contributed by atoms with E-state index in [2.05, 4.69) is 35.2 Å². The van der Waals surface area contributed by atoms with E-state index in [0.717, 1.165) is 42.1 Å². The van der Waals surface area contributed by atoms with Crippen LogP contribution in [0.1, 0.15) is 43.4 Å². The van der Waals surface area contributed by atoms with E-state index < -0.39 is 0 Å². The second kappa shape index (κ2) is 10.1. The Balaban J connectivity index is 1.48. The molecule has 0 aromatic heterocycles. The molecule has 2 unspecified atom stereocenters. The molecule has 0 spiro atoms. The standard InChI is InChI=1S/C22H29N3O3/c1-3-4-12-28-18-10-8-17(9-11-18)20-14-21(25-24-20)22(26)23-15-16-6-5-7-19(13-16)27-2/h5-11,13,20-21,24-25H,3-4,12,14-15H2,1-2H3,(H,23,26). The second-order valence-corrected chi connectivity index (χ2v) is 6.97. The molecule has 0 bridgehead atoms. The number of rotatable bonds is 9. The normalized spacial score (nSPS) is 18.6. The van der Waals surface area contributed by atoms with E-state index in [9.17, 15) is 4.79 Å². The lowest BCUT2D eigenvalue weighted by Crippen LogP contribution is -2.42. The van der Waals surface area contributed by atoms with E-state index in [4.69, 9.17) is 9.47 Å². The van der Waals surface area contributed by atoms with Gasteiger partial charge in [0.05, 0.1) is 13.7 Å². The summed E-state index contributed by atoms with van der Waals surface area (Å²) in [6.45, 7) is 3.37. The van der Waals surface area contributed by atoms with Gasteiger partial charge in [0.25, 0.3) is 0 Å². The fourth-order valence-corrected chi connectivity index (χ4v) is 3.17. The summed E-state index contributed by atoms with van der Waals surface area (Å²) in [6, 6.07) is 15.6. The Bertz CT molecular complexity index is 764. The van der Waals surface area contributed by atoms with Gasteiger partial charge in [-0.3, -0.25) is 4.79 Å². The predicted molar refractivity (Wildman–Crippen MR) is 109 cm³/mol. The Morgan fingerprint density at radius 1 is 1.14 bits per heavy atom. The van der Waals surface area contributed by atoms with Gasteiger partial charge in [-0.15, -0.1) is 0 Å². The maximum absolute atomic E-state index is 12.5. The van der Waals surface area contributed by atoms with E-state index in [1.165, 1.54) is 0 Å². The molecule has 3 N–H and O–H groups in total. The fraction of sp³-hybridized carbons (Fsp3) is 0.409. The summed E-state index contributed by atoms with van der Waals surface area (Å²) in [6.07, 6.45) is 2.87. The number of unbranched alkanes of at least 4 members (excludes halogenated alkanes) is 1. The van der Waals surface area contributed by atoms with Crippen molar-refractivity contribution in [3.8, 4) is 11.5 Å². The zero-order valence-corrected chi connectivity index (χ0v) is 16.5. The smallest absolute Gasteiger partial charge is 0.238 e. The van der Waals surface area contributed by atoms with E-state index in [-0.39, 0.29) is 18.0 Å². The Morgan fingerprint density at radius 3 is 2.71 bits per heavy atom. The van der Waals surface area contributed by atoms with Crippen LogP contribution in [0.2, 0.25) is 0 Å². The molecule has 6 heteroatoms. The number of ether oxygens (including phenoxy) is 2. The first-order valence-corrected chi connectivity index (χ1v) is 9.84. The van der Waals surface area contributed by atoms with E-state index in [0.29, 0.717) is 13.0 Å². The van der Waals surface area contributed by atoms with Crippen LogP contribution in [0.3, 0.4) is 0 Å². The number of hydrogen-bond acceptors (Lipinski definition) is 5. The van der Waals surface area contributed by atoms with Crippen LogP contribution >= 0.6 is 0 Å². The summed E-state index contributed by atoms with van der Waals surface area (Å²) < 4.78 is 10.9. The highest BCUT2D eigenvalue weighted by atomic mass is 16.5. The molecule has 0 radical (unpaired) electrons. The van der Waals surface area contributed by atoms with Crippen LogP contribution in [0.5, 0.6) is 11.5 Å². The number of hydrogen-bond donors (Lipinski definition) is 3. The molecule has 2 aromatic carbocycles. The largest absolute Gasteiger partial charge is 0.497 e. The first-order chi connectivity index (χ1) is 13.7. The van der Waals surface area contributed by atoms with Crippen LogP contribution in [0.25, 0.3) is 0 Å². The minimum Gasteiger partial charge on any atom is -0.497 e. The zero-order chi connectivity index (χ0) is 19.8. The summed E-state index contributed by atoms with van der Waals surface area (Å²) in [7, 11) is 1.63. The lowest BCUT2D eigenvalue weighted by Gasteiger charge is -2.12. The van der Waals surface area contributed by atoms with E-state index in [1.807, 2.05) is 36.4 Å². The molecule has 1 aliphatic rings. The average molecular weight is 383 g/mol. The monoisotopic (exact) mass is 383 g/mol. The lowest BCUT2D eigenvalue weighted by atomic mass is 10.0. The first-order valence-electron chi connectivity index (χ1n) is 9.84. The lowest BCUT2D eigenvalue weighted by molar-refractivity contribution is -0.123. The maximum Gasteiger partial charge on any atom is 0.238 e. The molecule has 1 aliphatic heterocycles. The summed E-state index contributed by atoms with van der Waals surface area (Å²) in [5.74, 6) is 1.66. The Hall–Kier alpha value is -2.57. The number of hydrazine groups is 1. The van der Waals surface area contributed by atoms with Crippen LogP contribution in [-0.2, 0) is 11.3 Å². The molecule has 1 fully saturated rings. The first kappa shape index (κ1) is 20.2. The highest BCUT2D eigenvalue weighted by Gasteiger charge is 2.29. The molecule has 1 saturated heterocycles.